The SMILES string of the molecule is CCC12CC3CC(O)(C1)CC(C(=O)NCCOc1ccc(Cl)cc1)(C3)C2. The average molecular weight is 378 g/mol. The smallest absolute Gasteiger partial charge is 0.226 e. The zero-order valence-electron chi connectivity index (χ0n) is 15.4. The van der Waals surface area contributed by atoms with Gasteiger partial charge in [-0.25, -0.2) is 0 Å². The summed E-state index contributed by atoms with van der Waals surface area (Å²) < 4.78 is 5.67. The van der Waals surface area contributed by atoms with Crippen molar-refractivity contribution in [2.75, 3.05) is 13.2 Å². The normalized spacial score (nSPS) is 37.6. The quantitative estimate of drug-likeness (QED) is 0.738. The Labute approximate surface area is 160 Å². The van der Waals surface area contributed by atoms with Crippen molar-refractivity contribution in [1.29, 1.82) is 0 Å². The van der Waals surface area contributed by atoms with E-state index in [2.05, 4.69) is 12.2 Å². The van der Waals surface area contributed by atoms with Crippen LogP contribution < -0.4 is 10.1 Å². The van der Waals surface area contributed by atoms with Crippen LogP contribution in [0.15, 0.2) is 24.3 Å². The number of carbonyl (C=O) groups is 1. The fraction of sp³-hybridized carbons (Fsp3) is 0.667. The predicted octanol–water partition coefficient (Wildman–Crippen LogP) is 3.95. The molecule has 0 aliphatic heterocycles. The second kappa shape index (κ2) is 6.42. The van der Waals surface area contributed by atoms with Gasteiger partial charge in [-0.3, -0.25) is 4.79 Å². The number of hydrogen-bond acceptors (Lipinski definition) is 3. The molecule has 1 amide bonds. The van der Waals surface area contributed by atoms with Gasteiger partial charge in [0, 0.05) is 5.02 Å². The topological polar surface area (TPSA) is 58.6 Å². The molecule has 0 aromatic heterocycles. The summed E-state index contributed by atoms with van der Waals surface area (Å²) >= 11 is 5.87. The van der Waals surface area contributed by atoms with Crippen LogP contribution in [0.25, 0.3) is 0 Å². The minimum absolute atomic E-state index is 0.109. The van der Waals surface area contributed by atoms with Crippen molar-refractivity contribution in [3.8, 4) is 5.75 Å². The maximum absolute atomic E-state index is 13.1. The van der Waals surface area contributed by atoms with E-state index in [1.54, 1.807) is 12.1 Å². The number of hydrogen-bond donors (Lipinski definition) is 2. The van der Waals surface area contributed by atoms with Crippen LogP contribution in [0.2, 0.25) is 5.02 Å². The molecule has 4 fully saturated rings. The van der Waals surface area contributed by atoms with Crippen LogP contribution in [-0.4, -0.2) is 29.8 Å². The standard InChI is InChI=1S/C21H28ClNO3/c1-2-19-9-15-10-20(12-19,14-21(25,11-15)13-19)18(24)23-7-8-26-17-5-3-16(22)4-6-17/h3-6,15,25H,2,7-14H2,1H3,(H,23,24). The van der Waals surface area contributed by atoms with Crippen molar-refractivity contribution in [1.82, 2.24) is 5.32 Å². The Morgan fingerprint density at radius 1 is 1.23 bits per heavy atom. The molecule has 1 aromatic carbocycles. The van der Waals surface area contributed by atoms with Crippen molar-refractivity contribution < 1.29 is 14.6 Å². The van der Waals surface area contributed by atoms with Gasteiger partial charge in [0.05, 0.1) is 17.6 Å². The maximum atomic E-state index is 13.1. The molecule has 26 heavy (non-hydrogen) atoms. The Morgan fingerprint density at radius 3 is 2.69 bits per heavy atom. The molecule has 2 N–H and O–H groups in total. The summed E-state index contributed by atoms with van der Waals surface area (Å²) in [5.41, 5.74) is -0.859. The molecule has 0 saturated heterocycles. The highest BCUT2D eigenvalue weighted by molar-refractivity contribution is 6.30. The van der Waals surface area contributed by atoms with Gasteiger partial charge in [0.2, 0.25) is 5.91 Å². The van der Waals surface area contributed by atoms with Gasteiger partial charge in [-0.2, -0.15) is 0 Å². The number of rotatable bonds is 6. The first-order valence-corrected chi connectivity index (χ1v) is 10.1. The lowest BCUT2D eigenvalue weighted by atomic mass is 9.42. The average Bonchev–Trinajstić information content (AvgIpc) is 2.58. The molecule has 4 aliphatic carbocycles. The van der Waals surface area contributed by atoms with Crippen molar-refractivity contribution in [2.24, 2.45) is 16.7 Å². The molecule has 0 radical (unpaired) electrons. The number of benzene rings is 1. The minimum atomic E-state index is -0.632. The molecular formula is C21H28ClNO3. The molecule has 4 saturated carbocycles. The molecule has 5 rings (SSSR count). The maximum Gasteiger partial charge on any atom is 0.226 e. The second-order valence-corrected chi connectivity index (χ2v) is 9.36. The third-order valence-electron chi connectivity index (χ3n) is 6.86. The Morgan fingerprint density at radius 2 is 2.00 bits per heavy atom. The summed E-state index contributed by atoms with van der Waals surface area (Å²) in [5.74, 6) is 1.35. The third-order valence-corrected chi connectivity index (χ3v) is 7.11. The van der Waals surface area contributed by atoms with E-state index in [9.17, 15) is 9.90 Å². The number of aliphatic hydroxyl groups is 1. The summed E-state index contributed by atoms with van der Waals surface area (Å²) in [7, 11) is 0. The lowest BCUT2D eigenvalue weighted by Gasteiger charge is -2.64. The van der Waals surface area contributed by atoms with Crippen molar-refractivity contribution in [2.45, 2.75) is 57.5 Å². The fourth-order valence-electron chi connectivity index (χ4n) is 6.28. The lowest BCUT2D eigenvalue weighted by molar-refractivity contribution is -0.204. The van der Waals surface area contributed by atoms with E-state index in [1.807, 2.05) is 12.1 Å². The molecule has 4 nitrogen and oxygen atoms in total. The number of halogens is 1. The molecule has 5 heteroatoms. The first kappa shape index (κ1) is 18.1. The van der Waals surface area contributed by atoms with Gasteiger partial charge in [0.1, 0.15) is 12.4 Å². The number of carbonyl (C=O) groups excluding carboxylic acids is 1. The van der Waals surface area contributed by atoms with Crippen molar-refractivity contribution in [3.63, 3.8) is 0 Å². The zero-order chi connectivity index (χ0) is 18.4. The van der Waals surface area contributed by atoms with Crippen molar-refractivity contribution in [3.05, 3.63) is 29.3 Å². The van der Waals surface area contributed by atoms with E-state index in [0.29, 0.717) is 30.5 Å². The van der Waals surface area contributed by atoms with E-state index in [0.717, 1.165) is 37.9 Å². The van der Waals surface area contributed by atoms with Gasteiger partial charge >= 0.3 is 0 Å². The van der Waals surface area contributed by atoms with Gasteiger partial charge < -0.3 is 15.2 Å². The molecule has 4 aliphatic rings. The first-order valence-electron chi connectivity index (χ1n) is 9.75. The lowest BCUT2D eigenvalue weighted by Crippen LogP contribution is -2.63. The van der Waals surface area contributed by atoms with Gasteiger partial charge in [-0.15, -0.1) is 0 Å². The van der Waals surface area contributed by atoms with Crippen LogP contribution in [-0.2, 0) is 4.79 Å². The number of nitrogens with one attached hydrogen (secondary N) is 1. The summed E-state index contributed by atoms with van der Waals surface area (Å²) in [6.07, 6.45) is 6.48. The Bertz CT molecular complexity index is 693. The van der Waals surface area contributed by atoms with E-state index in [-0.39, 0.29) is 16.7 Å². The molecule has 4 bridgehead atoms. The van der Waals surface area contributed by atoms with Gasteiger partial charge in [0.15, 0.2) is 0 Å². The largest absolute Gasteiger partial charge is 0.492 e. The summed E-state index contributed by atoms with van der Waals surface area (Å²) in [4.78, 5) is 13.1. The second-order valence-electron chi connectivity index (χ2n) is 8.93. The zero-order valence-corrected chi connectivity index (χ0v) is 16.1. The fourth-order valence-corrected chi connectivity index (χ4v) is 6.41. The highest BCUT2D eigenvalue weighted by Crippen LogP contribution is 2.67. The molecule has 142 valence electrons. The van der Waals surface area contributed by atoms with Gasteiger partial charge in [0.25, 0.3) is 0 Å². The van der Waals surface area contributed by atoms with Crippen LogP contribution in [0.3, 0.4) is 0 Å². The highest BCUT2D eigenvalue weighted by Gasteiger charge is 2.64. The molecule has 4 atom stereocenters. The van der Waals surface area contributed by atoms with Gasteiger partial charge in [-0.1, -0.05) is 24.9 Å². The monoisotopic (exact) mass is 377 g/mol. The van der Waals surface area contributed by atoms with Crippen LogP contribution in [0, 0.1) is 16.7 Å². The van der Waals surface area contributed by atoms with Crippen LogP contribution in [0.4, 0.5) is 0 Å². The molecule has 1 aromatic rings. The van der Waals surface area contributed by atoms with E-state index in [1.165, 1.54) is 6.42 Å². The highest BCUT2D eigenvalue weighted by atomic mass is 35.5. The van der Waals surface area contributed by atoms with Crippen molar-refractivity contribution >= 4 is 17.5 Å². The summed E-state index contributed by atoms with van der Waals surface area (Å²) in [5, 5.41) is 14.8. The van der Waals surface area contributed by atoms with Crippen LogP contribution in [0.1, 0.15) is 51.9 Å². The predicted molar refractivity (Wildman–Crippen MR) is 101 cm³/mol. The molecule has 0 heterocycles. The number of ether oxygens (including phenoxy) is 1. The summed E-state index contributed by atoms with van der Waals surface area (Å²) in [6, 6.07) is 7.22. The Hall–Kier alpha value is -1.26. The first-order chi connectivity index (χ1) is 12.4. The Balaban J connectivity index is 1.36. The van der Waals surface area contributed by atoms with E-state index in [4.69, 9.17) is 16.3 Å². The van der Waals surface area contributed by atoms with E-state index < -0.39 is 5.60 Å². The van der Waals surface area contributed by atoms with Gasteiger partial charge in [-0.05, 0) is 74.1 Å². The number of amides is 1. The molecule has 4 unspecified atom stereocenters. The van der Waals surface area contributed by atoms with Crippen LogP contribution in [0.5, 0.6) is 5.75 Å². The summed E-state index contributed by atoms with van der Waals surface area (Å²) in [6.45, 7) is 3.11. The van der Waals surface area contributed by atoms with E-state index >= 15 is 0 Å². The molecule has 0 spiro atoms. The van der Waals surface area contributed by atoms with Crippen LogP contribution >= 0.6 is 11.6 Å². The third kappa shape index (κ3) is 3.22. The Kier molecular flexibility index (Phi) is 4.47. The minimum Gasteiger partial charge on any atom is -0.492 e. The molecular weight excluding hydrogens is 350 g/mol.